The van der Waals surface area contributed by atoms with Gasteiger partial charge < -0.3 is 10.1 Å². The Morgan fingerprint density at radius 2 is 2.05 bits per heavy atom. The first-order valence-electron chi connectivity index (χ1n) is 7.45. The van der Waals surface area contributed by atoms with Gasteiger partial charge in [0.2, 0.25) is 0 Å². The largest absolute Gasteiger partial charge is 0.494 e. The van der Waals surface area contributed by atoms with Gasteiger partial charge in [-0.15, -0.1) is 0 Å². The molecule has 106 valence electrons. The molecule has 1 aromatic carbocycles. The van der Waals surface area contributed by atoms with E-state index in [1.54, 1.807) is 0 Å². The lowest BCUT2D eigenvalue weighted by atomic mass is 10.0. The van der Waals surface area contributed by atoms with Crippen LogP contribution >= 0.6 is 0 Å². The summed E-state index contributed by atoms with van der Waals surface area (Å²) in [5.74, 6) is 0.962. The van der Waals surface area contributed by atoms with E-state index in [0.29, 0.717) is 12.1 Å². The molecule has 1 aliphatic rings. The summed E-state index contributed by atoms with van der Waals surface area (Å²) in [6, 6.07) is 9.69. The second kappa shape index (κ2) is 6.92. The molecule has 1 saturated heterocycles. The van der Waals surface area contributed by atoms with Crippen molar-refractivity contribution in [2.24, 2.45) is 0 Å². The van der Waals surface area contributed by atoms with Gasteiger partial charge in [-0.05, 0) is 51.1 Å². The molecule has 0 amide bonds. The molecule has 1 fully saturated rings. The fourth-order valence-corrected chi connectivity index (χ4v) is 2.97. The second-order valence-corrected chi connectivity index (χ2v) is 5.16. The van der Waals surface area contributed by atoms with E-state index in [-0.39, 0.29) is 0 Å². The maximum Gasteiger partial charge on any atom is 0.119 e. The first-order valence-corrected chi connectivity index (χ1v) is 7.45. The number of ether oxygens (including phenoxy) is 1. The van der Waals surface area contributed by atoms with E-state index in [4.69, 9.17) is 4.74 Å². The van der Waals surface area contributed by atoms with Crippen molar-refractivity contribution < 1.29 is 4.74 Å². The van der Waals surface area contributed by atoms with E-state index in [2.05, 4.69) is 48.3 Å². The molecule has 0 aliphatic carbocycles. The van der Waals surface area contributed by atoms with Crippen LogP contribution in [0.15, 0.2) is 24.3 Å². The van der Waals surface area contributed by atoms with E-state index in [0.717, 1.165) is 32.0 Å². The first-order chi connectivity index (χ1) is 9.26. The Morgan fingerprint density at radius 1 is 1.32 bits per heavy atom. The molecule has 1 N–H and O–H groups in total. The zero-order valence-electron chi connectivity index (χ0n) is 12.4. The number of benzene rings is 1. The normalized spacial score (nSPS) is 20.7. The zero-order valence-corrected chi connectivity index (χ0v) is 12.4. The molecule has 0 saturated carbocycles. The quantitative estimate of drug-likeness (QED) is 0.853. The van der Waals surface area contributed by atoms with Crippen LogP contribution in [0.25, 0.3) is 0 Å². The number of hydrogen-bond acceptors (Lipinski definition) is 3. The number of likely N-dealkylation sites (N-methyl/N-ethyl adjacent to an activating group) is 1. The molecule has 19 heavy (non-hydrogen) atoms. The second-order valence-electron chi connectivity index (χ2n) is 5.16. The number of nitrogens with one attached hydrogen (secondary N) is 1. The topological polar surface area (TPSA) is 24.5 Å². The Kier molecular flexibility index (Phi) is 5.23. The van der Waals surface area contributed by atoms with Crippen LogP contribution in [0.5, 0.6) is 5.75 Å². The van der Waals surface area contributed by atoms with Gasteiger partial charge in [0.1, 0.15) is 5.75 Å². The van der Waals surface area contributed by atoms with E-state index in [1.165, 1.54) is 12.0 Å². The van der Waals surface area contributed by atoms with Crippen LogP contribution in [-0.4, -0.2) is 37.2 Å². The summed E-state index contributed by atoms with van der Waals surface area (Å²) >= 11 is 0. The molecule has 0 radical (unpaired) electrons. The molecule has 2 rings (SSSR count). The Bertz CT molecular complexity index is 371. The highest BCUT2D eigenvalue weighted by Crippen LogP contribution is 2.26. The highest BCUT2D eigenvalue weighted by molar-refractivity contribution is 5.29. The smallest absolute Gasteiger partial charge is 0.119 e. The Morgan fingerprint density at radius 3 is 2.58 bits per heavy atom. The average Bonchev–Trinajstić information content (AvgIpc) is 2.95. The molecule has 3 nitrogen and oxygen atoms in total. The SMILES string of the molecule is CCOc1ccc(C(C)N(CC)C2CCNC2)cc1. The molecule has 0 spiro atoms. The fourth-order valence-electron chi connectivity index (χ4n) is 2.97. The summed E-state index contributed by atoms with van der Waals surface area (Å²) in [4.78, 5) is 2.59. The molecule has 0 aromatic heterocycles. The summed E-state index contributed by atoms with van der Waals surface area (Å²) < 4.78 is 5.50. The van der Waals surface area contributed by atoms with Crippen molar-refractivity contribution >= 4 is 0 Å². The van der Waals surface area contributed by atoms with Crippen LogP contribution < -0.4 is 10.1 Å². The van der Waals surface area contributed by atoms with Crippen molar-refractivity contribution in [3.8, 4) is 5.75 Å². The Hall–Kier alpha value is -1.06. The van der Waals surface area contributed by atoms with Crippen molar-refractivity contribution in [1.82, 2.24) is 10.2 Å². The summed E-state index contributed by atoms with van der Waals surface area (Å²) in [5, 5.41) is 3.46. The first kappa shape index (κ1) is 14.4. The van der Waals surface area contributed by atoms with E-state index in [1.807, 2.05) is 6.92 Å². The molecule has 1 aliphatic heterocycles. The van der Waals surface area contributed by atoms with Gasteiger partial charge in [0, 0.05) is 18.6 Å². The van der Waals surface area contributed by atoms with E-state index in [9.17, 15) is 0 Å². The van der Waals surface area contributed by atoms with Gasteiger partial charge in [-0.2, -0.15) is 0 Å². The van der Waals surface area contributed by atoms with Crippen LogP contribution in [-0.2, 0) is 0 Å². The van der Waals surface area contributed by atoms with Crippen LogP contribution in [0.1, 0.15) is 38.8 Å². The fraction of sp³-hybridized carbons (Fsp3) is 0.625. The van der Waals surface area contributed by atoms with Gasteiger partial charge in [0.25, 0.3) is 0 Å². The lowest BCUT2D eigenvalue weighted by Crippen LogP contribution is -2.38. The molecule has 2 atom stereocenters. The Balaban J connectivity index is 2.05. The Labute approximate surface area is 116 Å². The molecule has 0 bridgehead atoms. The van der Waals surface area contributed by atoms with Gasteiger partial charge in [0.15, 0.2) is 0 Å². The van der Waals surface area contributed by atoms with Crippen LogP contribution in [0.3, 0.4) is 0 Å². The molecule has 1 heterocycles. The van der Waals surface area contributed by atoms with Crippen molar-refractivity contribution in [3.63, 3.8) is 0 Å². The average molecular weight is 262 g/mol. The highest BCUT2D eigenvalue weighted by Gasteiger charge is 2.25. The lowest BCUT2D eigenvalue weighted by molar-refractivity contribution is 0.162. The van der Waals surface area contributed by atoms with Crippen LogP contribution in [0, 0.1) is 0 Å². The van der Waals surface area contributed by atoms with Crippen molar-refractivity contribution in [2.45, 2.75) is 39.3 Å². The van der Waals surface area contributed by atoms with Gasteiger partial charge in [-0.1, -0.05) is 19.1 Å². The summed E-state index contributed by atoms with van der Waals surface area (Å²) in [6.45, 7) is 10.7. The van der Waals surface area contributed by atoms with Gasteiger partial charge in [-0.25, -0.2) is 0 Å². The van der Waals surface area contributed by atoms with Crippen LogP contribution in [0.4, 0.5) is 0 Å². The van der Waals surface area contributed by atoms with E-state index >= 15 is 0 Å². The summed E-state index contributed by atoms with van der Waals surface area (Å²) in [5.41, 5.74) is 1.37. The highest BCUT2D eigenvalue weighted by atomic mass is 16.5. The molecular formula is C16H26N2O. The van der Waals surface area contributed by atoms with Gasteiger partial charge in [0.05, 0.1) is 6.61 Å². The number of rotatable bonds is 6. The third-order valence-electron chi connectivity index (χ3n) is 4.04. The van der Waals surface area contributed by atoms with Gasteiger partial charge >= 0.3 is 0 Å². The summed E-state index contributed by atoms with van der Waals surface area (Å²) in [7, 11) is 0. The lowest BCUT2D eigenvalue weighted by Gasteiger charge is -2.33. The van der Waals surface area contributed by atoms with Crippen molar-refractivity contribution in [1.29, 1.82) is 0 Å². The standard InChI is InChI=1S/C16H26N2O/c1-4-18(15-10-11-17-12-15)13(3)14-6-8-16(9-7-14)19-5-2/h6-9,13,15,17H,4-5,10-12H2,1-3H3. The third kappa shape index (κ3) is 3.48. The van der Waals surface area contributed by atoms with Crippen LogP contribution in [0.2, 0.25) is 0 Å². The predicted molar refractivity (Wildman–Crippen MR) is 79.7 cm³/mol. The molecule has 2 unspecified atom stereocenters. The minimum Gasteiger partial charge on any atom is -0.494 e. The van der Waals surface area contributed by atoms with E-state index < -0.39 is 0 Å². The van der Waals surface area contributed by atoms with Gasteiger partial charge in [-0.3, -0.25) is 4.90 Å². The maximum atomic E-state index is 5.50. The molecular weight excluding hydrogens is 236 g/mol. The monoisotopic (exact) mass is 262 g/mol. The summed E-state index contributed by atoms with van der Waals surface area (Å²) in [6.07, 6.45) is 1.26. The maximum absolute atomic E-state index is 5.50. The minimum atomic E-state index is 0.463. The number of nitrogens with zero attached hydrogens (tertiary/aromatic N) is 1. The third-order valence-corrected chi connectivity index (χ3v) is 4.04. The zero-order chi connectivity index (χ0) is 13.7. The minimum absolute atomic E-state index is 0.463. The van der Waals surface area contributed by atoms with Crippen molar-refractivity contribution in [3.05, 3.63) is 29.8 Å². The van der Waals surface area contributed by atoms with Crippen molar-refractivity contribution in [2.75, 3.05) is 26.2 Å². The molecule has 3 heteroatoms. The number of hydrogen-bond donors (Lipinski definition) is 1. The molecule has 1 aromatic rings. The predicted octanol–water partition coefficient (Wildman–Crippen LogP) is 2.83.